The van der Waals surface area contributed by atoms with Crippen molar-refractivity contribution in [3.63, 3.8) is 0 Å². The Bertz CT molecular complexity index is 734. The smallest absolute Gasteiger partial charge is 0.748 e. The molecule has 22 heavy (non-hydrogen) atoms. The predicted octanol–water partition coefficient (Wildman–Crippen LogP) is -0.295. The van der Waals surface area contributed by atoms with Gasteiger partial charge >= 0.3 is 29.6 Å². The zero-order valence-electron chi connectivity index (χ0n) is 11.9. The van der Waals surface area contributed by atoms with Gasteiger partial charge in [0.15, 0.2) is 0 Å². The van der Waals surface area contributed by atoms with Crippen LogP contribution in [0.5, 0.6) is 0 Å². The summed E-state index contributed by atoms with van der Waals surface area (Å²) < 4.78 is 33.0. The fraction of sp³-hybridized carbons (Fsp3) is 0.0714. The topological polar surface area (TPSA) is 81.6 Å². The molecule has 2 aromatic rings. The first-order valence-electron chi connectivity index (χ1n) is 6.01. The number of nitrogens with zero attached hydrogens (tertiary/aromatic N) is 1. The number of rotatable bonds is 5. The van der Waals surface area contributed by atoms with Crippen molar-refractivity contribution < 1.29 is 42.5 Å². The van der Waals surface area contributed by atoms with E-state index in [1.165, 1.54) is 0 Å². The van der Waals surface area contributed by atoms with Gasteiger partial charge in [0, 0.05) is 5.02 Å². The summed E-state index contributed by atoms with van der Waals surface area (Å²) in [4.78, 5) is 0. The molecular formula is C14H12ClN2NaO3S. The third kappa shape index (κ3) is 6.48. The summed E-state index contributed by atoms with van der Waals surface area (Å²) in [6, 6.07) is 15.4. The van der Waals surface area contributed by atoms with E-state index in [1.807, 2.05) is 18.2 Å². The van der Waals surface area contributed by atoms with Crippen LogP contribution in [0.25, 0.3) is 0 Å². The van der Waals surface area contributed by atoms with Crippen LogP contribution in [0.15, 0.2) is 59.7 Å². The quantitative estimate of drug-likeness (QED) is 0.349. The first-order valence-corrected chi connectivity index (χ1v) is 7.97. The van der Waals surface area contributed by atoms with Crippen molar-refractivity contribution in [3.8, 4) is 0 Å². The van der Waals surface area contributed by atoms with Gasteiger partial charge in [0.2, 0.25) is 0 Å². The van der Waals surface area contributed by atoms with Crippen LogP contribution in [0.1, 0.15) is 5.56 Å². The molecule has 0 amide bonds. The molecule has 0 spiro atoms. The Hall–Kier alpha value is -0.890. The standard InChI is InChI=1S/C14H13ClN2O3S.Na/c15-12-8-6-11(7-9-12)14(10-21(18,19)20)17-16-13-4-2-1-3-5-13;/h1-9,16H,10H2,(H,18,19,20);/q;+1/p-1/b17-14-;. The minimum atomic E-state index is -4.44. The average molecular weight is 347 g/mol. The Morgan fingerprint density at radius 1 is 1.09 bits per heavy atom. The maximum absolute atomic E-state index is 11.0. The van der Waals surface area contributed by atoms with E-state index in [0.717, 1.165) is 0 Å². The van der Waals surface area contributed by atoms with Gasteiger partial charge in [-0.05, 0) is 29.8 Å². The second-order valence-corrected chi connectivity index (χ2v) is 6.09. The van der Waals surface area contributed by atoms with Crippen LogP contribution in [-0.4, -0.2) is 24.4 Å². The second-order valence-electron chi connectivity index (χ2n) is 4.25. The van der Waals surface area contributed by atoms with E-state index in [9.17, 15) is 13.0 Å². The van der Waals surface area contributed by atoms with E-state index < -0.39 is 15.9 Å². The molecule has 5 nitrogen and oxygen atoms in total. The summed E-state index contributed by atoms with van der Waals surface area (Å²) in [6.45, 7) is 0. The van der Waals surface area contributed by atoms with Crippen LogP contribution in [0.4, 0.5) is 5.69 Å². The van der Waals surface area contributed by atoms with Crippen molar-refractivity contribution in [2.75, 3.05) is 11.2 Å². The molecule has 0 radical (unpaired) electrons. The number of para-hydroxylation sites is 1. The average Bonchev–Trinajstić information content (AvgIpc) is 2.44. The molecule has 0 atom stereocenters. The van der Waals surface area contributed by atoms with Gasteiger partial charge in [0.05, 0.1) is 17.2 Å². The number of nitrogens with one attached hydrogen (secondary N) is 1. The van der Waals surface area contributed by atoms with Crippen molar-refractivity contribution in [3.05, 3.63) is 65.2 Å². The van der Waals surface area contributed by atoms with Crippen molar-refractivity contribution in [2.45, 2.75) is 0 Å². The van der Waals surface area contributed by atoms with E-state index in [1.54, 1.807) is 36.4 Å². The number of hydrogen-bond donors (Lipinski definition) is 1. The Labute approximate surface area is 156 Å². The van der Waals surface area contributed by atoms with Crippen molar-refractivity contribution in [2.24, 2.45) is 5.10 Å². The molecule has 0 aliphatic carbocycles. The molecule has 8 heteroatoms. The van der Waals surface area contributed by atoms with Crippen LogP contribution in [-0.2, 0) is 10.1 Å². The molecule has 0 saturated carbocycles. The van der Waals surface area contributed by atoms with Crippen LogP contribution in [0, 0.1) is 0 Å². The largest absolute Gasteiger partial charge is 1.00 e. The summed E-state index contributed by atoms with van der Waals surface area (Å²) in [7, 11) is -4.44. The molecule has 0 aliphatic heterocycles. The van der Waals surface area contributed by atoms with Gasteiger partial charge in [-0.3, -0.25) is 5.43 Å². The van der Waals surface area contributed by atoms with Crippen LogP contribution in [0.2, 0.25) is 5.02 Å². The minimum absolute atomic E-state index is 0. The number of benzene rings is 2. The minimum Gasteiger partial charge on any atom is -0.748 e. The molecule has 110 valence electrons. The zero-order chi connectivity index (χ0) is 15.3. The molecule has 2 rings (SSSR count). The van der Waals surface area contributed by atoms with Gasteiger partial charge in [0.1, 0.15) is 10.1 Å². The van der Waals surface area contributed by atoms with Gasteiger partial charge in [-0.25, -0.2) is 8.42 Å². The summed E-state index contributed by atoms with van der Waals surface area (Å²) in [6.07, 6.45) is 0. The first-order chi connectivity index (χ1) is 9.94. The van der Waals surface area contributed by atoms with E-state index in [-0.39, 0.29) is 35.3 Å². The van der Waals surface area contributed by atoms with Crippen molar-refractivity contribution in [1.82, 2.24) is 0 Å². The van der Waals surface area contributed by atoms with Gasteiger partial charge in [-0.2, -0.15) is 5.10 Å². The number of anilines is 1. The Kier molecular flexibility index (Phi) is 7.55. The first kappa shape index (κ1) is 19.2. The Balaban J connectivity index is 0.00000242. The molecule has 0 heterocycles. The number of halogens is 1. The van der Waals surface area contributed by atoms with E-state index in [2.05, 4.69) is 10.5 Å². The molecular weight excluding hydrogens is 335 g/mol. The summed E-state index contributed by atoms with van der Waals surface area (Å²) in [5, 5.41) is 4.54. The maximum atomic E-state index is 11.0. The molecule has 0 saturated heterocycles. The molecule has 0 unspecified atom stereocenters. The summed E-state index contributed by atoms with van der Waals surface area (Å²) >= 11 is 5.79. The van der Waals surface area contributed by atoms with Gasteiger partial charge < -0.3 is 4.55 Å². The van der Waals surface area contributed by atoms with E-state index in [4.69, 9.17) is 11.6 Å². The van der Waals surface area contributed by atoms with Crippen molar-refractivity contribution in [1.29, 1.82) is 0 Å². The second kappa shape index (κ2) is 8.67. The van der Waals surface area contributed by atoms with Crippen LogP contribution in [0.3, 0.4) is 0 Å². The zero-order valence-corrected chi connectivity index (χ0v) is 15.4. The van der Waals surface area contributed by atoms with Gasteiger partial charge in [0.25, 0.3) is 0 Å². The third-order valence-electron chi connectivity index (χ3n) is 2.58. The maximum Gasteiger partial charge on any atom is 1.00 e. The SMILES string of the molecule is O=S(=O)([O-])C/C(=N/Nc1ccccc1)c1ccc(Cl)cc1.[Na+]. The predicted molar refractivity (Wildman–Crippen MR) is 82.6 cm³/mol. The number of hydrazone groups is 1. The van der Waals surface area contributed by atoms with Crippen molar-refractivity contribution >= 4 is 33.1 Å². The molecule has 0 bridgehead atoms. The molecule has 0 fully saturated rings. The summed E-state index contributed by atoms with van der Waals surface area (Å²) in [5.41, 5.74) is 4.07. The fourth-order valence-corrected chi connectivity index (χ4v) is 2.33. The molecule has 0 aromatic heterocycles. The monoisotopic (exact) mass is 346 g/mol. The Morgan fingerprint density at radius 2 is 1.68 bits per heavy atom. The van der Waals surface area contributed by atoms with Gasteiger partial charge in [-0.15, -0.1) is 0 Å². The van der Waals surface area contributed by atoms with Crippen LogP contribution >= 0.6 is 11.6 Å². The number of hydrogen-bond acceptors (Lipinski definition) is 5. The van der Waals surface area contributed by atoms with Crippen LogP contribution < -0.4 is 35.0 Å². The van der Waals surface area contributed by atoms with E-state index >= 15 is 0 Å². The fourth-order valence-electron chi connectivity index (χ4n) is 1.63. The molecule has 0 aliphatic rings. The normalized spacial score (nSPS) is 11.6. The Morgan fingerprint density at radius 3 is 2.23 bits per heavy atom. The van der Waals surface area contributed by atoms with Gasteiger partial charge in [-0.1, -0.05) is 41.9 Å². The van der Waals surface area contributed by atoms with E-state index in [0.29, 0.717) is 16.3 Å². The summed E-state index contributed by atoms with van der Waals surface area (Å²) in [5.74, 6) is -0.700. The third-order valence-corrected chi connectivity index (χ3v) is 3.46. The molecule has 1 N–H and O–H groups in total. The molecule has 2 aromatic carbocycles.